The first-order valence-corrected chi connectivity index (χ1v) is 13.1. The quantitative estimate of drug-likeness (QED) is 0.465. The second-order valence-corrected chi connectivity index (χ2v) is 12.3. The van der Waals surface area contributed by atoms with Crippen LogP contribution in [0, 0.1) is 12.3 Å². The average molecular weight is 545 g/mol. The van der Waals surface area contributed by atoms with E-state index in [-0.39, 0.29) is 17.3 Å². The van der Waals surface area contributed by atoms with E-state index < -0.39 is 22.0 Å². The minimum atomic E-state index is -3.81. The largest absolute Gasteiger partial charge is 0.305 e. The summed E-state index contributed by atoms with van der Waals surface area (Å²) in [5.74, 6) is 2.10. The average Bonchev–Trinajstić information content (AvgIpc) is 3.41. The zero-order chi connectivity index (χ0) is 21.5. The van der Waals surface area contributed by atoms with Gasteiger partial charge < -0.3 is 4.57 Å². The number of sulfonamides is 1. The lowest BCUT2D eigenvalue weighted by Crippen LogP contribution is -2.40. The number of terminal acetylenes is 1. The molecule has 1 unspecified atom stereocenters. The van der Waals surface area contributed by atoms with Gasteiger partial charge in [0, 0.05) is 11.0 Å². The number of carbonyl (C=O) groups excluding carboxylic acids is 1. The molecule has 0 N–H and O–H groups in total. The lowest BCUT2D eigenvalue weighted by atomic mass is 10.2. The molecule has 30 heavy (non-hydrogen) atoms. The molecule has 1 amide bonds. The van der Waals surface area contributed by atoms with Gasteiger partial charge in [-0.1, -0.05) is 44.8 Å². The van der Waals surface area contributed by atoms with E-state index >= 15 is 0 Å². The predicted octanol–water partition coefficient (Wildman–Crippen LogP) is 4.09. The summed E-state index contributed by atoms with van der Waals surface area (Å²) in [7, 11) is -3.81. The molecular formula is C19H15BrClN3O3S3. The summed E-state index contributed by atoms with van der Waals surface area (Å²) >= 11 is 11.7. The summed E-state index contributed by atoms with van der Waals surface area (Å²) in [6.45, 7) is 0.529. The van der Waals surface area contributed by atoms with E-state index in [0.29, 0.717) is 22.0 Å². The first-order chi connectivity index (χ1) is 14.3. The number of fused-ring (bicyclic) bond motifs is 1. The number of halogens is 2. The summed E-state index contributed by atoms with van der Waals surface area (Å²) in [6, 6.07) is 7.89. The molecule has 3 aromatic rings. The fourth-order valence-corrected chi connectivity index (χ4v) is 8.22. The minimum Gasteiger partial charge on any atom is -0.305 e. The van der Waals surface area contributed by atoms with Crippen LogP contribution in [0.2, 0.25) is 4.34 Å². The molecule has 4 rings (SSSR count). The van der Waals surface area contributed by atoms with Crippen LogP contribution in [-0.4, -0.2) is 35.8 Å². The minimum absolute atomic E-state index is 0.126. The third-order valence-electron chi connectivity index (χ3n) is 4.70. The molecule has 0 saturated carbocycles. The highest BCUT2D eigenvalue weighted by Crippen LogP contribution is 2.32. The number of aromatic nitrogens is 1. The lowest BCUT2D eigenvalue weighted by molar-refractivity contribution is -0.121. The molecule has 1 saturated heterocycles. The van der Waals surface area contributed by atoms with Crippen molar-refractivity contribution >= 4 is 76.4 Å². The Bertz CT molecular complexity index is 1350. The number of thiazole rings is 1. The van der Waals surface area contributed by atoms with Crippen molar-refractivity contribution in [3.05, 3.63) is 43.9 Å². The van der Waals surface area contributed by atoms with Crippen molar-refractivity contribution in [2.75, 3.05) is 6.54 Å². The Morgan fingerprint density at radius 2 is 2.13 bits per heavy atom. The van der Waals surface area contributed by atoms with Gasteiger partial charge in [-0.25, -0.2) is 8.42 Å². The van der Waals surface area contributed by atoms with Gasteiger partial charge in [-0.3, -0.25) is 4.79 Å². The Labute approximate surface area is 195 Å². The van der Waals surface area contributed by atoms with Crippen LogP contribution in [0.15, 0.2) is 44.0 Å². The Morgan fingerprint density at radius 1 is 1.33 bits per heavy atom. The molecule has 156 valence electrons. The molecule has 1 aliphatic rings. The summed E-state index contributed by atoms with van der Waals surface area (Å²) < 4.78 is 31.4. The topological polar surface area (TPSA) is 71.7 Å². The van der Waals surface area contributed by atoms with Gasteiger partial charge in [0.05, 0.1) is 21.1 Å². The van der Waals surface area contributed by atoms with Crippen LogP contribution < -0.4 is 4.80 Å². The van der Waals surface area contributed by atoms with Crippen molar-refractivity contribution < 1.29 is 13.2 Å². The van der Waals surface area contributed by atoms with Gasteiger partial charge in [-0.2, -0.15) is 9.30 Å². The highest BCUT2D eigenvalue weighted by atomic mass is 79.9. The first-order valence-electron chi connectivity index (χ1n) is 8.89. The SMILES string of the molecule is C#CCn1c(=NC(=O)C2CCCN2S(=O)(=O)c2ccc(Cl)s2)sc2cc(Br)ccc21. The standard InChI is InChI=1S/C19H15BrClN3O3S3/c1-2-9-23-13-6-5-12(20)11-15(13)28-19(23)22-18(25)14-4-3-10-24(14)30(26,27)17-8-7-16(21)29-17/h1,5-8,11,14H,3-4,9-10H2. The van der Waals surface area contributed by atoms with E-state index in [9.17, 15) is 13.2 Å². The fourth-order valence-electron chi connectivity index (χ4n) is 3.37. The summed E-state index contributed by atoms with van der Waals surface area (Å²) in [4.78, 5) is 17.8. The third-order valence-corrected chi connectivity index (χ3v) is 9.84. The van der Waals surface area contributed by atoms with Crippen LogP contribution in [-0.2, 0) is 21.4 Å². The van der Waals surface area contributed by atoms with Crippen LogP contribution in [0.1, 0.15) is 12.8 Å². The van der Waals surface area contributed by atoms with Gasteiger partial charge in [-0.15, -0.1) is 17.8 Å². The molecule has 0 spiro atoms. The van der Waals surface area contributed by atoms with Crippen LogP contribution in [0.3, 0.4) is 0 Å². The van der Waals surface area contributed by atoms with E-state index in [1.165, 1.54) is 27.8 Å². The molecule has 1 aromatic carbocycles. The van der Waals surface area contributed by atoms with Crippen molar-refractivity contribution in [3.63, 3.8) is 0 Å². The number of carbonyl (C=O) groups is 1. The van der Waals surface area contributed by atoms with E-state index in [1.54, 1.807) is 4.57 Å². The molecule has 11 heteroatoms. The zero-order valence-electron chi connectivity index (χ0n) is 15.4. The van der Waals surface area contributed by atoms with Crippen LogP contribution in [0.4, 0.5) is 0 Å². The number of thiophene rings is 1. The first kappa shape index (κ1) is 21.7. The lowest BCUT2D eigenvalue weighted by Gasteiger charge is -2.20. The van der Waals surface area contributed by atoms with Crippen LogP contribution in [0.25, 0.3) is 10.2 Å². The van der Waals surface area contributed by atoms with E-state index in [0.717, 1.165) is 26.0 Å². The van der Waals surface area contributed by atoms with Gasteiger partial charge in [0.25, 0.3) is 15.9 Å². The normalized spacial score (nSPS) is 18.2. The Hall–Kier alpha value is -1.48. The van der Waals surface area contributed by atoms with Crippen molar-refractivity contribution in [1.82, 2.24) is 8.87 Å². The Kier molecular flexibility index (Phi) is 6.21. The number of nitrogens with zero attached hydrogens (tertiary/aromatic N) is 3. The summed E-state index contributed by atoms with van der Waals surface area (Å²) in [6.07, 6.45) is 6.52. The van der Waals surface area contributed by atoms with Crippen molar-refractivity contribution in [2.45, 2.75) is 29.6 Å². The van der Waals surface area contributed by atoms with Crippen molar-refractivity contribution in [1.29, 1.82) is 0 Å². The smallest absolute Gasteiger partial charge is 0.266 e. The van der Waals surface area contributed by atoms with Gasteiger partial charge >= 0.3 is 0 Å². The maximum absolute atomic E-state index is 13.0. The molecule has 1 atom stereocenters. The highest BCUT2D eigenvalue weighted by molar-refractivity contribution is 9.10. The van der Waals surface area contributed by atoms with Gasteiger partial charge in [-0.05, 0) is 43.2 Å². The second kappa shape index (κ2) is 8.57. The number of rotatable bonds is 4. The molecule has 0 aliphatic carbocycles. The van der Waals surface area contributed by atoms with E-state index in [1.807, 2.05) is 18.2 Å². The van der Waals surface area contributed by atoms with Crippen molar-refractivity contribution in [3.8, 4) is 12.3 Å². The van der Waals surface area contributed by atoms with Gasteiger partial charge in [0.15, 0.2) is 4.80 Å². The maximum Gasteiger partial charge on any atom is 0.266 e. The Balaban J connectivity index is 1.73. The number of benzene rings is 1. The zero-order valence-corrected chi connectivity index (χ0v) is 20.2. The van der Waals surface area contributed by atoms with Crippen LogP contribution >= 0.6 is 50.2 Å². The fraction of sp³-hybridized carbons (Fsp3) is 0.263. The van der Waals surface area contributed by atoms with Crippen LogP contribution in [0.5, 0.6) is 0 Å². The highest BCUT2D eigenvalue weighted by Gasteiger charge is 2.40. The molecule has 2 aromatic heterocycles. The van der Waals surface area contributed by atoms with Gasteiger partial charge in [0.2, 0.25) is 0 Å². The van der Waals surface area contributed by atoms with Gasteiger partial charge in [0.1, 0.15) is 10.3 Å². The number of hydrogen-bond acceptors (Lipinski definition) is 5. The molecular weight excluding hydrogens is 530 g/mol. The summed E-state index contributed by atoms with van der Waals surface area (Å²) in [5.41, 5.74) is 0.872. The molecule has 1 aliphatic heterocycles. The van der Waals surface area contributed by atoms with Crippen molar-refractivity contribution in [2.24, 2.45) is 4.99 Å². The van der Waals surface area contributed by atoms with E-state index in [2.05, 4.69) is 26.8 Å². The number of hydrogen-bond donors (Lipinski definition) is 0. The second-order valence-electron chi connectivity index (χ2n) is 6.57. The Morgan fingerprint density at radius 3 is 2.83 bits per heavy atom. The third kappa shape index (κ3) is 4.02. The molecule has 0 radical (unpaired) electrons. The number of amides is 1. The molecule has 3 heterocycles. The summed E-state index contributed by atoms with van der Waals surface area (Å²) in [5, 5.41) is 0. The maximum atomic E-state index is 13.0. The monoisotopic (exact) mass is 543 g/mol. The molecule has 1 fully saturated rings. The predicted molar refractivity (Wildman–Crippen MR) is 123 cm³/mol. The molecule has 6 nitrogen and oxygen atoms in total. The van der Waals surface area contributed by atoms with E-state index in [4.69, 9.17) is 18.0 Å². The molecule has 0 bridgehead atoms.